The molecule has 2 N–H and O–H groups in total. The molecule has 0 aliphatic rings. The molecule has 92 valence electrons. The number of amides is 1. The molecule has 1 atom stereocenters. The third-order valence-corrected chi connectivity index (χ3v) is 3.27. The van der Waals surface area contributed by atoms with Gasteiger partial charge < -0.3 is 10.6 Å². The van der Waals surface area contributed by atoms with Crippen molar-refractivity contribution in [3.05, 3.63) is 39.8 Å². The number of anilines is 1. The lowest BCUT2D eigenvalue weighted by Gasteiger charge is -2.15. The third-order valence-electron chi connectivity index (χ3n) is 2.12. The fourth-order valence-corrected chi connectivity index (χ4v) is 2.39. The second-order valence-electron chi connectivity index (χ2n) is 3.52. The maximum absolute atomic E-state index is 11.6. The van der Waals surface area contributed by atoms with Gasteiger partial charge in [0.15, 0.2) is 0 Å². The minimum atomic E-state index is -0.299. The Labute approximate surface area is 118 Å². The van der Waals surface area contributed by atoms with Gasteiger partial charge in [-0.15, -0.1) is 6.58 Å². The summed E-state index contributed by atoms with van der Waals surface area (Å²) in [4.78, 5) is 11.6. The molecule has 0 aliphatic carbocycles. The van der Waals surface area contributed by atoms with E-state index in [1.807, 2.05) is 25.1 Å². The Balaban J connectivity index is 2.64. The summed E-state index contributed by atoms with van der Waals surface area (Å²) in [5.41, 5.74) is 0.884. The van der Waals surface area contributed by atoms with Crippen LogP contribution in [0.15, 0.2) is 39.8 Å². The van der Waals surface area contributed by atoms with Gasteiger partial charge in [0.2, 0.25) is 5.91 Å². The molecule has 0 aliphatic heterocycles. The van der Waals surface area contributed by atoms with Crippen molar-refractivity contribution in [1.82, 2.24) is 5.32 Å². The first-order valence-electron chi connectivity index (χ1n) is 5.14. The maximum Gasteiger partial charge on any atom is 0.242 e. The average molecular weight is 362 g/mol. The lowest BCUT2D eigenvalue weighted by molar-refractivity contribution is -0.121. The molecule has 0 spiro atoms. The van der Waals surface area contributed by atoms with Crippen LogP contribution in [0.5, 0.6) is 0 Å². The van der Waals surface area contributed by atoms with Gasteiger partial charge in [-0.1, -0.05) is 22.0 Å². The minimum Gasteiger partial charge on any atom is -0.373 e. The monoisotopic (exact) mass is 360 g/mol. The predicted molar refractivity (Wildman–Crippen MR) is 78.1 cm³/mol. The molecule has 5 heteroatoms. The van der Waals surface area contributed by atoms with E-state index in [0.717, 1.165) is 14.6 Å². The Morgan fingerprint density at radius 3 is 2.82 bits per heavy atom. The van der Waals surface area contributed by atoms with Crippen LogP contribution >= 0.6 is 31.9 Å². The van der Waals surface area contributed by atoms with Crippen LogP contribution in [0.1, 0.15) is 6.92 Å². The number of nitrogens with one attached hydrogen (secondary N) is 2. The molecule has 0 bridgehead atoms. The van der Waals surface area contributed by atoms with Gasteiger partial charge in [-0.25, -0.2) is 0 Å². The SMILES string of the molecule is C=CCNC(=O)C(C)Nc1ccc(Br)cc1Br. The molecule has 0 aromatic heterocycles. The van der Waals surface area contributed by atoms with E-state index in [2.05, 4.69) is 49.1 Å². The van der Waals surface area contributed by atoms with Crippen molar-refractivity contribution in [3.8, 4) is 0 Å². The number of halogens is 2. The van der Waals surface area contributed by atoms with Crippen LogP contribution < -0.4 is 10.6 Å². The van der Waals surface area contributed by atoms with Crippen LogP contribution in [-0.4, -0.2) is 18.5 Å². The molecule has 0 fully saturated rings. The van der Waals surface area contributed by atoms with Gasteiger partial charge in [0, 0.05) is 21.2 Å². The van der Waals surface area contributed by atoms with Crippen molar-refractivity contribution < 1.29 is 4.79 Å². The number of carbonyl (C=O) groups excluding carboxylic acids is 1. The molecule has 1 unspecified atom stereocenters. The molecular weight excluding hydrogens is 348 g/mol. The van der Waals surface area contributed by atoms with E-state index < -0.39 is 0 Å². The van der Waals surface area contributed by atoms with Gasteiger partial charge in [0.1, 0.15) is 6.04 Å². The number of hydrogen-bond acceptors (Lipinski definition) is 2. The lowest BCUT2D eigenvalue weighted by Crippen LogP contribution is -2.37. The van der Waals surface area contributed by atoms with E-state index in [1.165, 1.54) is 0 Å². The first-order valence-corrected chi connectivity index (χ1v) is 6.73. The fourth-order valence-electron chi connectivity index (χ4n) is 1.23. The minimum absolute atomic E-state index is 0.0558. The summed E-state index contributed by atoms with van der Waals surface area (Å²) < 4.78 is 1.90. The summed E-state index contributed by atoms with van der Waals surface area (Å²) in [6, 6.07) is 5.45. The Hall–Kier alpha value is -0.810. The van der Waals surface area contributed by atoms with Crippen LogP contribution in [-0.2, 0) is 4.79 Å². The molecule has 0 radical (unpaired) electrons. The largest absolute Gasteiger partial charge is 0.373 e. The summed E-state index contributed by atoms with van der Waals surface area (Å²) in [5, 5.41) is 5.87. The van der Waals surface area contributed by atoms with Gasteiger partial charge >= 0.3 is 0 Å². The first kappa shape index (κ1) is 14.3. The van der Waals surface area contributed by atoms with Gasteiger partial charge in [-0.2, -0.15) is 0 Å². The summed E-state index contributed by atoms with van der Waals surface area (Å²) in [5.74, 6) is -0.0558. The van der Waals surface area contributed by atoms with Gasteiger partial charge in [-0.3, -0.25) is 4.79 Å². The lowest BCUT2D eigenvalue weighted by atomic mass is 10.2. The summed E-state index contributed by atoms with van der Waals surface area (Å²) in [7, 11) is 0. The normalized spacial score (nSPS) is 11.7. The van der Waals surface area contributed by atoms with E-state index in [-0.39, 0.29) is 11.9 Å². The Kier molecular flexibility index (Phi) is 5.71. The topological polar surface area (TPSA) is 41.1 Å². The van der Waals surface area contributed by atoms with Crippen LogP contribution in [0.2, 0.25) is 0 Å². The van der Waals surface area contributed by atoms with Crippen LogP contribution in [0.4, 0.5) is 5.69 Å². The van der Waals surface area contributed by atoms with Crippen molar-refractivity contribution in [3.63, 3.8) is 0 Å². The molecule has 0 heterocycles. The highest BCUT2D eigenvalue weighted by Crippen LogP contribution is 2.26. The quantitative estimate of drug-likeness (QED) is 0.790. The van der Waals surface area contributed by atoms with Gasteiger partial charge in [0.25, 0.3) is 0 Å². The van der Waals surface area contributed by atoms with Gasteiger partial charge in [-0.05, 0) is 41.1 Å². The summed E-state index contributed by atoms with van der Waals surface area (Å²) in [6.07, 6.45) is 1.65. The van der Waals surface area contributed by atoms with Crippen molar-refractivity contribution >= 4 is 43.5 Å². The van der Waals surface area contributed by atoms with Crippen LogP contribution in [0.3, 0.4) is 0 Å². The Bertz CT molecular complexity index is 421. The molecule has 0 saturated carbocycles. The van der Waals surface area contributed by atoms with Crippen molar-refractivity contribution in [2.75, 3.05) is 11.9 Å². The Morgan fingerprint density at radius 2 is 2.24 bits per heavy atom. The van der Waals surface area contributed by atoms with Crippen molar-refractivity contribution in [1.29, 1.82) is 0 Å². The number of benzene rings is 1. The highest BCUT2D eigenvalue weighted by molar-refractivity contribution is 9.11. The second-order valence-corrected chi connectivity index (χ2v) is 5.29. The molecular formula is C12H14Br2N2O. The predicted octanol–water partition coefficient (Wildman–Crippen LogP) is 3.31. The fraction of sp³-hybridized carbons (Fsp3) is 0.250. The first-order chi connectivity index (χ1) is 8.04. The Morgan fingerprint density at radius 1 is 1.53 bits per heavy atom. The summed E-state index contributed by atoms with van der Waals surface area (Å²) >= 11 is 6.81. The van der Waals surface area contributed by atoms with E-state index >= 15 is 0 Å². The smallest absolute Gasteiger partial charge is 0.242 e. The van der Waals surface area contributed by atoms with Gasteiger partial charge in [0.05, 0.1) is 0 Å². The standard InChI is InChI=1S/C12H14Br2N2O/c1-3-6-15-12(17)8(2)16-11-5-4-9(13)7-10(11)14/h3-5,7-8,16H,1,6H2,2H3,(H,15,17). The van der Waals surface area contributed by atoms with Crippen LogP contribution in [0.25, 0.3) is 0 Å². The summed E-state index contributed by atoms with van der Waals surface area (Å²) in [6.45, 7) is 5.84. The van der Waals surface area contributed by atoms with E-state index in [1.54, 1.807) is 6.08 Å². The highest BCUT2D eigenvalue weighted by Gasteiger charge is 2.12. The molecule has 1 rings (SSSR count). The molecule has 1 aromatic rings. The van der Waals surface area contributed by atoms with E-state index in [9.17, 15) is 4.79 Å². The zero-order valence-electron chi connectivity index (χ0n) is 9.47. The molecule has 3 nitrogen and oxygen atoms in total. The zero-order valence-corrected chi connectivity index (χ0v) is 12.6. The second kappa shape index (κ2) is 6.81. The highest BCUT2D eigenvalue weighted by atomic mass is 79.9. The maximum atomic E-state index is 11.6. The molecule has 17 heavy (non-hydrogen) atoms. The van der Waals surface area contributed by atoms with E-state index in [4.69, 9.17) is 0 Å². The number of carbonyl (C=O) groups is 1. The number of hydrogen-bond donors (Lipinski definition) is 2. The molecule has 0 saturated heterocycles. The average Bonchev–Trinajstić information content (AvgIpc) is 2.29. The third kappa shape index (κ3) is 4.52. The van der Waals surface area contributed by atoms with Crippen molar-refractivity contribution in [2.24, 2.45) is 0 Å². The van der Waals surface area contributed by atoms with E-state index in [0.29, 0.717) is 6.54 Å². The van der Waals surface area contributed by atoms with Crippen LogP contribution in [0, 0.1) is 0 Å². The van der Waals surface area contributed by atoms with Crippen molar-refractivity contribution in [2.45, 2.75) is 13.0 Å². The molecule has 1 aromatic carbocycles. The molecule has 1 amide bonds. The zero-order chi connectivity index (χ0) is 12.8. The number of rotatable bonds is 5.